The molecule has 0 fully saturated rings. The van der Waals surface area contributed by atoms with E-state index in [1.165, 1.54) is 18.4 Å². The van der Waals surface area contributed by atoms with E-state index in [-0.39, 0.29) is 0 Å². The largest absolute Gasteiger partial charge is 0.310 e. The molecule has 0 radical (unpaired) electrons. The fourth-order valence-electron chi connectivity index (χ4n) is 2.21. The molecule has 0 saturated heterocycles. The van der Waals surface area contributed by atoms with Crippen molar-refractivity contribution in [1.82, 2.24) is 5.32 Å². The zero-order valence-electron chi connectivity index (χ0n) is 10.8. The molecule has 1 nitrogen and oxygen atoms in total. The Balaban J connectivity index is 2.99. The minimum atomic E-state index is 0.369. The van der Waals surface area contributed by atoms with Crippen molar-refractivity contribution in [3.05, 3.63) is 33.3 Å². The van der Waals surface area contributed by atoms with Gasteiger partial charge in [-0.3, -0.25) is 0 Å². The molecule has 1 aromatic rings. The number of rotatable bonds is 6. The van der Waals surface area contributed by atoms with Crippen LogP contribution < -0.4 is 5.32 Å². The van der Waals surface area contributed by atoms with Gasteiger partial charge in [0, 0.05) is 15.5 Å². The lowest BCUT2D eigenvalue weighted by Crippen LogP contribution is -2.27. The summed E-state index contributed by atoms with van der Waals surface area (Å²) < 4.78 is 1.14. The van der Waals surface area contributed by atoms with E-state index in [0.29, 0.717) is 12.0 Å². The van der Waals surface area contributed by atoms with Gasteiger partial charge in [0.25, 0.3) is 0 Å². The molecule has 1 N–H and O–H groups in total. The van der Waals surface area contributed by atoms with Gasteiger partial charge in [-0.15, -0.1) is 0 Å². The molecule has 2 unspecified atom stereocenters. The number of nitrogens with one attached hydrogen (secondary N) is 1. The molecule has 0 saturated carbocycles. The lowest BCUT2D eigenvalue weighted by molar-refractivity contribution is 0.368. The summed E-state index contributed by atoms with van der Waals surface area (Å²) in [5.41, 5.74) is 1.26. The zero-order chi connectivity index (χ0) is 12.8. The van der Waals surface area contributed by atoms with E-state index in [0.717, 1.165) is 16.0 Å². The Morgan fingerprint density at radius 2 is 2.06 bits per heavy atom. The van der Waals surface area contributed by atoms with Crippen LogP contribution in [0.25, 0.3) is 0 Å². The molecule has 1 rings (SSSR count). The van der Waals surface area contributed by atoms with Gasteiger partial charge in [-0.1, -0.05) is 54.7 Å². The van der Waals surface area contributed by atoms with Gasteiger partial charge < -0.3 is 5.32 Å². The van der Waals surface area contributed by atoms with Gasteiger partial charge >= 0.3 is 0 Å². The van der Waals surface area contributed by atoms with Gasteiger partial charge in [-0.25, -0.2) is 0 Å². The van der Waals surface area contributed by atoms with Crippen molar-refractivity contribution in [3.8, 4) is 0 Å². The first-order chi connectivity index (χ1) is 8.10. The number of hydrogen-bond acceptors (Lipinski definition) is 1. The van der Waals surface area contributed by atoms with Gasteiger partial charge in [-0.05, 0) is 42.6 Å². The van der Waals surface area contributed by atoms with Crippen molar-refractivity contribution in [2.24, 2.45) is 5.92 Å². The predicted octanol–water partition coefficient (Wildman–Crippen LogP) is 5.19. The Morgan fingerprint density at radius 1 is 1.35 bits per heavy atom. The number of hydrogen-bond donors (Lipinski definition) is 1. The van der Waals surface area contributed by atoms with Gasteiger partial charge in [0.1, 0.15) is 0 Å². The summed E-state index contributed by atoms with van der Waals surface area (Å²) in [4.78, 5) is 0. The maximum Gasteiger partial charge on any atom is 0.0410 e. The third kappa shape index (κ3) is 4.27. The molecule has 96 valence electrons. The van der Waals surface area contributed by atoms with Crippen molar-refractivity contribution in [3.63, 3.8) is 0 Å². The SMILES string of the molecule is CCCC(C)C(NCC)c1cc(Cl)ccc1Br. The highest BCUT2D eigenvalue weighted by molar-refractivity contribution is 9.10. The predicted molar refractivity (Wildman–Crippen MR) is 79.6 cm³/mol. The Hall–Kier alpha value is -0.0500. The summed E-state index contributed by atoms with van der Waals surface area (Å²) in [6.07, 6.45) is 2.43. The molecule has 0 spiro atoms. The first-order valence-electron chi connectivity index (χ1n) is 6.28. The van der Waals surface area contributed by atoms with E-state index >= 15 is 0 Å². The summed E-state index contributed by atoms with van der Waals surface area (Å²) in [5.74, 6) is 0.606. The highest BCUT2D eigenvalue weighted by atomic mass is 79.9. The topological polar surface area (TPSA) is 12.0 Å². The lowest BCUT2D eigenvalue weighted by Gasteiger charge is -2.26. The fraction of sp³-hybridized carbons (Fsp3) is 0.571. The summed E-state index contributed by atoms with van der Waals surface area (Å²) in [6.45, 7) is 7.64. The maximum atomic E-state index is 6.09. The van der Waals surface area contributed by atoms with E-state index in [2.05, 4.69) is 48.1 Å². The van der Waals surface area contributed by atoms with Crippen molar-refractivity contribution in [2.45, 2.75) is 39.7 Å². The van der Waals surface area contributed by atoms with E-state index in [1.807, 2.05) is 12.1 Å². The second-order valence-electron chi connectivity index (χ2n) is 4.47. The quantitative estimate of drug-likeness (QED) is 0.761. The van der Waals surface area contributed by atoms with Gasteiger partial charge in [0.05, 0.1) is 0 Å². The third-order valence-corrected chi connectivity index (χ3v) is 3.99. The molecular formula is C14H21BrClN. The standard InChI is InChI=1S/C14H21BrClN/c1-4-6-10(3)14(17-5-2)12-9-11(16)7-8-13(12)15/h7-10,14,17H,4-6H2,1-3H3. The zero-order valence-corrected chi connectivity index (χ0v) is 13.1. The highest BCUT2D eigenvalue weighted by Crippen LogP contribution is 2.32. The molecule has 0 aromatic heterocycles. The van der Waals surface area contributed by atoms with Crippen LogP contribution in [0.3, 0.4) is 0 Å². The van der Waals surface area contributed by atoms with Crippen LogP contribution in [0, 0.1) is 5.92 Å². The van der Waals surface area contributed by atoms with E-state index in [1.54, 1.807) is 0 Å². The summed E-state index contributed by atoms with van der Waals surface area (Å²) in [5, 5.41) is 4.36. The number of benzene rings is 1. The Labute approximate surface area is 118 Å². The minimum Gasteiger partial charge on any atom is -0.310 e. The average Bonchev–Trinajstić information content (AvgIpc) is 2.30. The second-order valence-corrected chi connectivity index (χ2v) is 5.76. The molecular weight excluding hydrogens is 298 g/mol. The van der Waals surface area contributed by atoms with E-state index < -0.39 is 0 Å². The molecule has 1 aromatic carbocycles. The normalized spacial score (nSPS) is 14.6. The molecule has 0 heterocycles. The van der Waals surface area contributed by atoms with Gasteiger partial charge in [-0.2, -0.15) is 0 Å². The fourth-order valence-corrected chi connectivity index (χ4v) is 2.89. The summed E-state index contributed by atoms with van der Waals surface area (Å²) in [6, 6.07) is 6.38. The first kappa shape index (κ1) is 15.0. The Kier molecular flexibility index (Phi) is 6.53. The highest BCUT2D eigenvalue weighted by Gasteiger charge is 2.20. The molecule has 17 heavy (non-hydrogen) atoms. The smallest absolute Gasteiger partial charge is 0.0410 e. The van der Waals surface area contributed by atoms with Gasteiger partial charge in [0.2, 0.25) is 0 Å². The average molecular weight is 319 g/mol. The van der Waals surface area contributed by atoms with Crippen molar-refractivity contribution >= 4 is 27.5 Å². The summed E-state index contributed by atoms with van der Waals surface area (Å²) in [7, 11) is 0. The Bertz CT molecular complexity index is 354. The second kappa shape index (κ2) is 7.40. The summed E-state index contributed by atoms with van der Waals surface area (Å²) >= 11 is 9.72. The van der Waals surface area contributed by atoms with Crippen LogP contribution in [-0.4, -0.2) is 6.54 Å². The molecule has 0 amide bonds. The molecule has 0 bridgehead atoms. The maximum absolute atomic E-state index is 6.09. The van der Waals surface area contributed by atoms with Gasteiger partial charge in [0.15, 0.2) is 0 Å². The van der Waals surface area contributed by atoms with E-state index in [4.69, 9.17) is 11.6 Å². The van der Waals surface area contributed by atoms with Crippen LogP contribution in [0.1, 0.15) is 45.2 Å². The van der Waals surface area contributed by atoms with Crippen LogP contribution in [0.4, 0.5) is 0 Å². The third-order valence-electron chi connectivity index (χ3n) is 3.03. The molecule has 3 heteroatoms. The van der Waals surface area contributed by atoms with Crippen LogP contribution >= 0.6 is 27.5 Å². The molecule has 0 aliphatic heterocycles. The van der Waals surface area contributed by atoms with Crippen molar-refractivity contribution in [1.29, 1.82) is 0 Å². The van der Waals surface area contributed by atoms with Crippen LogP contribution in [0.2, 0.25) is 5.02 Å². The van der Waals surface area contributed by atoms with Crippen LogP contribution in [0.5, 0.6) is 0 Å². The van der Waals surface area contributed by atoms with E-state index in [9.17, 15) is 0 Å². The first-order valence-corrected chi connectivity index (χ1v) is 7.45. The Morgan fingerprint density at radius 3 is 2.65 bits per heavy atom. The lowest BCUT2D eigenvalue weighted by atomic mass is 9.91. The molecule has 2 atom stereocenters. The van der Waals surface area contributed by atoms with Crippen LogP contribution in [0.15, 0.2) is 22.7 Å². The minimum absolute atomic E-state index is 0.369. The van der Waals surface area contributed by atoms with Crippen molar-refractivity contribution < 1.29 is 0 Å². The van der Waals surface area contributed by atoms with Crippen LogP contribution in [-0.2, 0) is 0 Å². The number of halogens is 2. The molecule has 0 aliphatic carbocycles. The van der Waals surface area contributed by atoms with Crippen molar-refractivity contribution in [2.75, 3.05) is 6.54 Å². The monoisotopic (exact) mass is 317 g/mol. The molecule has 0 aliphatic rings.